The van der Waals surface area contributed by atoms with Crippen molar-refractivity contribution < 1.29 is 14.4 Å². The molecule has 0 aliphatic heterocycles. The van der Waals surface area contributed by atoms with Gasteiger partial charge in [-0.3, -0.25) is 10.1 Å². The molecular weight excluding hydrogens is 392 g/mol. The fourth-order valence-electron chi connectivity index (χ4n) is 3.81. The summed E-state index contributed by atoms with van der Waals surface area (Å²) in [5.74, 6) is 0.910. The van der Waals surface area contributed by atoms with Crippen LogP contribution in [0.3, 0.4) is 0 Å². The van der Waals surface area contributed by atoms with Crippen molar-refractivity contribution >= 4 is 16.6 Å². The van der Waals surface area contributed by atoms with Gasteiger partial charge in [0.1, 0.15) is 0 Å². The molecular formula is C25H30N2O4. The average Bonchev–Trinajstić information content (AvgIpc) is 2.78. The van der Waals surface area contributed by atoms with Crippen LogP contribution < -0.4 is 9.47 Å². The van der Waals surface area contributed by atoms with Crippen LogP contribution in [-0.2, 0) is 6.42 Å². The van der Waals surface area contributed by atoms with E-state index in [0.29, 0.717) is 29.0 Å². The molecule has 6 nitrogen and oxygen atoms in total. The molecule has 164 valence electrons. The third-order valence-corrected chi connectivity index (χ3v) is 5.49. The van der Waals surface area contributed by atoms with Crippen molar-refractivity contribution in [1.29, 1.82) is 0 Å². The van der Waals surface area contributed by atoms with Crippen molar-refractivity contribution in [1.82, 2.24) is 4.98 Å². The highest BCUT2D eigenvalue weighted by atomic mass is 16.6. The second-order valence-electron chi connectivity index (χ2n) is 7.74. The van der Waals surface area contributed by atoms with Crippen molar-refractivity contribution in [3.05, 3.63) is 69.9 Å². The first kappa shape index (κ1) is 22.5. The summed E-state index contributed by atoms with van der Waals surface area (Å²) < 4.78 is 11.5. The lowest BCUT2D eigenvalue weighted by atomic mass is 10.1. The highest BCUT2D eigenvalue weighted by Crippen LogP contribution is 2.41. The SMILES string of the molecule is COc1cc([N+](=O)[O-])c2nccc(C)c2c1OCCCCCCCCc1ccccc1. The Morgan fingerprint density at radius 2 is 1.71 bits per heavy atom. The van der Waals surface area contributed by atoms with E-state index in [1.165, 1.54) is 44.4 Å². The smallest absolute Gasteiger partial charge is 0.299 e. The van der Waals surface area contributed by atoms with Gasteiger partial charge < -0.3 is 9.47 Å². The number of nitro groups is 1. The Bertz CT molecular complexity index is 1010. The zero-order valence-electron chi connectivity index (χ0n) is 18.3. The predicted octanol–water partition coefficient (Wildman–Crippen LogP) is 6.42. The van der Waals surface area contributed by atoms with Crippen LogP contribution in [0.1, 0.15) is 49.7 Å². The van der Waals surface area contributed by atoms with E-state index in [1.54, 1.807) is 6.20 Å². The molecule has 0 atom stereocenters. The van der Waals surface area contributed by atoms with Crippen LogP contribution in [-0.4, -0.2) is 23.6 Å². The minimum absolute atomic E-state index is 0.0709. The lowest BCUT2D eigenvalue weighted by Crippen LogP contribution is -2.03. The van der Waals surface area contributed by atoms with Gasteiger partial charge in [0.05, 0.1) is 30.1 Å². The standard InChI is InChI=1S/C25H30N2O4/c1-19-15-16-26-24-21(27(28)29)18-22(30-2)25(23(19)24)31-17-11-6-4-3-5-8-12-20-13-9-7-10-14-20/h7,9-10,13-16,18H,3-6,8,11-12,17H2,1-2H3. The molecule has 31 heavy (non-hydrogen) atoms. The number of nitro benzene ring substituents is 1. The third-order valence-electron chi connectivity index (χ3n) is 5.49. The molecule has 0 spiro atoms. The summed E-state index contributed by atoms with van der Waals surface area (Å²) in [7, 11) is 1.50. The van der Waals surface area contributed by atoms with Crippen LogP contribution in [0.4, 0.5) is 5.69 Å². The van der Waals surface area contributed by atoms with E-state index in [4.69, 9.17) is 9.47 Å². The van der Waals surface area contributed by atoms with Gasteiger partial charge in [-0.2, -0.15) is 0 Å². The first-order chi connectivity index (χ1) is 15.1. The van der Waals surface area contributed by atoms with Gasteiger partial charge in [0.15, 0.2) is 17.0 Å². The van der Waals surface area contributed by atoms with E-state index in [9.17, 15) is 10.1 Å². The number of unbranched alkanes of at least 4 members (excludes halogenated alkanes) is 5. The van der Waals surface area contributed by atoms with Gasteiger partial charge in [0.2, 0.25) is 0 Å². The predicted molar refractivity (Wildman–Crippen MR) is 123 cm³/mol. The zero-order chi connectivity index (χ0) is 22.1. The molecule has 3 aromatic rings. The monoisotopic (exact) mass is 422 g/mol. The van der Waals surface area contributed by atoms with E-state index in [-0.39, 0.29) is 5.69 Å². The first-order valence-electron chi connectivity index (χ1n) is 10.9. The number of ether oxygens (including phenoxy) is 2. The van der Waals surface area contributed by atoms with Crippen LogP contribution in [0.15, 0.2) is 48.7 Å². The highest BCUT2D eigenvalue weighted by Gasteiger charge is 2.23. The van der Waals surface area contributed by atoms with E-state index >= 15 is 0 Å². The Morgan fingerprint density at radius 1 is 1.00 bits per heavy atom. The summed E-state index contributed by atoms with van der Waals surface area (Å²) in [6.07, 6.45) is 9.61. The van der Waals surface area contributed by atoms with Gasteiger partial charge >= 0.3 is 0 Å². The van der Waals surface area contributed by atoms with E-state index in [0.717, 1.165) is 24.8 Å². The summed E-state index contributed by atoms with van der Waals surface area (Å²) in [5.41, 5.74) is 2.54. The summed E-state index contributed by atoms with van der Waals surface area (Å²) >= 11 is 0. The third kappa shape index (κ3) is 5.94. The average molecular weight is 423 g/mol. The van der Waals surface area contributed by atoms with Gasteiger partial charge in [-0.15, -0.1) is 0 Å². The van der Waals surface area contributed by atoms with E-state index in [2.05, 4.69) is 35.3 Å². The number of aryl methyl sites for hydroxylation is 2. The van der Waals surface area contributed by atoms with Crippen molar-refractivity contribution in [3.8, 4) is 11.5 Å². The molecule has 2 aromatic carbocycles. The number of fused-ring (bicyclic) bond motifs is 1. The number of hydrogen-bond donors (Lipinski definition) is 0. The summed E-state index contributed by atoms with van der Waals surface area (Å²) in [6.45, 7) is 2.44. The van der Waals surface area contributed by atoms with Gasteiger partial charge in [-0.25, -0.2) is 4.98 Å². The zero-order valence-corrected chi connectivity index (χ0v) is 18.3. The lowest BCUT2D eigenvalue weighted by Gasteiger charge is -2.15. The fourth-order valence-corrected chi connectivity index (χ4v) is 3.81. The topological polar surface area (TPSA) is 74.5 Å². The maximum atomic E-state index is 11.5. The van der Waals surface area contributed by atoms with Crippen molar-refractivity contribution in [2.24, 2.45) is 0 Å². The van der Waals surface area contributed by atoms with Gasteiger partial charge in [0.25, 0.3) is 5.69 Å². The van der Waals surface area contributed by atoms with Crippen LogP contribution >= 0.6 is 0 Å². The maximum absolute atomic E-state index is 11.5. The molecule has 0 aliphatic carbocycles. The quantitative estimate of drug-likeness (QED) is 0.191. The molecule has 0 aliphatic rings. The van der Waals surface area contributed by atoms with Crippen molar-refractivity contribution in [3.63, 3.8) is 0 Å². The lowest BCUT2D eigenvalue weighted by molar-refractivity contribution is -0.383. The number of benzene rings is 2. The van der Waals surface area contributed by atoms with Gasteiger partial charge in [-0.1, -0.05) is 56.0 Å². The number of pyridine rings is 1. The second kappa shape index (κ2) is 11.3. The number of hydrogen-bond acceptors (Lipinski definition) is 5. The molecule has 6 heteroatoms. The molecule has 0 bridgehead atoms. The van der Waals surface area contributed by atoms with Crippen molar-refractivity contribution in [2.75, 3.05) is 13.7 Å². The molecule has 0 fully saturated rings. The van der Waals surface area contributed by atoms with E-state index < -0.39 is 4.92 Å². The Morgan fingerprint density at radius 3 is 2.42 bits per heavy atom. The number of aromatic nitrogens is 1. The Kier molecular flexibility index (Phi) is 8.21. The molecule has 0 radical (unpaired) electrons. The summed E-state index contributed by atoms with van der Waals surface area (Å²) in [6, 6.07) is 13.8. The largest absolute Gasteiger partial charge is 0.493 e. The first-order valence-corrected chi connectivity index (χ1v) is 10.9. The fraction of sp³-hybridized carbons (Fsp3) is 0.400. The number of rotatable bonds is 12. The molecule has 0 unspecified atom stereocenters. The maximum Gasteiger partial charge on any atom is 0.299 e. The summed E-state index contributed by atoms with van der Waals surface area (Å²) in [5, 5.41) is 12.1. The van der Waals surface area contributed by atoms with Crippen LogP contribution in [0.2, 0.25) is 0 Å². The highest BCUT2D eigenvalue weighted by molar-refractivity contribution is 5.96. The van der Waals surface area contributed by atoms with Crippen LogP contribution in [0.25, 0.3) is 10.9 Å². The minimum Gasteiger partial charge on any atom is -0.493 e. The molecule has 0 saturated carbocycles. The van der Waals surface area contributed by atoms with Crippen molar-refractivity contribution in [2.45, 2.75) is 51.9 Å². The molecule has 3 rings (SSSR count). The molecule has 0 N–H and O–H groups in total. The normalized spacial score (nSPS) is 10.9. The Labute approximate surface area is 183 Å². The van der Waals surface area contributed by atoms with E-state index in [1.807, 2.05) is 13.0 Å². The Balaban J connectivity index is 1.49. The van der Waals surface area contributed by atoms with Gasteiger partial charge in [-0.05, 0) is 43.4 Å². The van der Waals surface area contributed by atoms with Crippen LogP contribution in [0.5, 0.6) is 11.5 Å². The molecule has 0 saturated heterocycles. The molecule has 0 amide bonds. The van der Waals surface area contributed by atoms with Gasteiger partial charge in [0, 0.05) is 6.20 Å². The van der Waals surface area contributed by atoms with Crippen LogP contribution in [0, 0.1) is 17.0 Å². The summed E-state index contributed by atoms with van der Waals surface area (Å²) in [4.78, 5) is 15.3. The Hall–Kier alpha value is -3.15. The number of methoxy groups -OCH3 is 1. The number of non-ortho nitro benzene ring substituents is 1. The second-order valence-corrected chi connectivity index (χ2v) is 7.74. The molecule has 1 heterocycles. The number of nitrogens with zero attached hydrogens (tertiary/aromatic N) is 2. The minimum atomic E-state index is -0.432. The molecule has 1 aromatic heterocycles.